The Kier molecular flexibility index (Phi) is 5.41. The lowest BCUT2D eigenvalue weighted by atomic mass is 10.1. The quantitative estimate of drug-likeness (QED) is 0.665. The molecule has 26 heavy (non-hydrogen) atoms. The van der Waals surface area contributed by atoms with Crippen LogP contribution in [0, 0.1) is 6.92 Å². The summed E-state index contributed by atoms with van der Waals surface area (Å²) in [4.78, 5) is 13.7. The maximum Gasteiger partial charge on any atom is 0.322 e. The molecule has 136 valence electrons. The van der Waals surface area contributed by atoms with Gasteiger partial charge in [-0.05, 0) is 50.8 Å². The van der Waals surface area contributed by atoms with Crippen LogP contribution in [0.1, 0.15) is 47.5 Å². The van der Waals surface area contributed by atoms with E-state index in [1.54, 1.807) is 22.5 Å². The van der Waals surface area contributed by atoms with Crippen molar-refractivity contribution < 1.29 is 9.21 Å². The van der Waals surface area contributed by atoms with Gasteiger partial charge >= 0.3 is 6.01 Å². The van der Waals surface area contributed by atoms with Crippen LogP contribution in [0.25, 0.3) is 0 Å². The first-order valence-corrected chi connectivity index (χ1v) is 9.51. The number of hydrogen-bond acceptors (Lipinski definition) is 6. The third kappa shape index (κ3) is 4.13. The normalized spacial score (nSPS) is 11.1. The van der Waals surface area contributed by atoms with Crippen molar-refractivity contribution in [1.82, 2.24) is 20.0 Å². The average Bonchev–Trinajstić information content (AvgIpc) is 3.22. The predicted octanol–water partition coefficient (Wildman–Crippen LogP) is 3.72. The lowest BCUT2D eigenvalue weighted by Gasteiger charge is -2.09. The smallest absolute Gasteiger partial charge is 0.322 e. The van der Waals surface area contributed by atoms with Crippen LogP contribution in [0.2, 0.25) is 0 Å². The Balaban J connectivity index is 1.69. The first-order chi connectivity index (χ1) is 12.5. The lowest BCUT2D eigenvalue weighted by molar-refractivity contribution is 0.101. The summed E-state index contributed by atoms with van der Waals surface area (Å²) in [6.45, 7) is 5.79. The largest absolute Gasteiger partial charge is 0.407 e. The molecule has 0 aliphatic carbocycles. The number of aromatic nitrogens is 4. The average molecular weight is 371 g/mol. The molecule has 1 amide bonds. The first kappa shape index (κ1) is 18.2. The number of amides is 1. The Morgan fingerprint density at radius 1 is 1.27 bits per heavy atom. The Bertz CT molecular complexity index is 899. The minimum Gasteiger partial charge on any atom is -0.407 e. The molecule has 0 aliphatic rings. The number of carbonyl (C=O) groups excluding carboxylic acids is 1. The van der Waals surface area contributed by atoms with Gasteiger partial charge in [-0.1, -0.05) is 17.2 Å². The molecule has 0 bridgehead atoms. The van der Waals surface area contributed by atoms with Crippen molar-refractivity contribution in [2.24, 2.45) is 0 Å². The van der Waals surface area contributed by atoms with Gasteiger partial charge in [0.2, 0.25) is 5.89 Å². The van der Waals surface area contributed by atoms with Gasteiger partial charge in [0.05, 0.1) is 12.1 Å². The van der Waals surface area contributed by atoms with Gasteiger partial charge in [-0.25, -0.2) is 0 Å². The topological polar surface area (TPSA) is 85.8 Å². The predicted molar refractivity (Wildman–Crippen MR) is 101 cm³/mol. The highest BCUT2D eigenvalue weighted by atomic mass is 32.2. The highest BCUT2D eigenvalue weighted by Gasteiger charge is 2.18. The second-order valence-corrected chi connectivity index (χ2v) is 7.07. The number of aryl methyl sites for hydroxylation is 1. The van der Waals surface area contributed by atoms with E-state index in [0.717, 1.165) is 11.3 Å². The van der Waals surface area contributed by atoms with Gasteiger partial charge in [-0.2, -0.15) is 5.10 Å². The SMILES string of the molecule is CSc1ccc(Cc2nnc(NC(=O)c3cc(C)nn3C(C)C)o2)cc1. The zero-order chi connectivity index (χ0) is 18.7. The third-order valence-electron chi connectivity index (χ3n) is 3.78. The number of nitrogens with one attached hydrogen (secondary N) is 1. The van der Waals surface area contributed by atoms with Gasteiger partial charge in [0.1, 0.15) is 5.69 Å². The fraction of sp³-hybridized carbons (Fsp3) is 0.333. The summed E-state index contributed by atoms with van der Waals surface area (Å²) in [6, 6.07) is 10.0. The van der Waals surface area contributed by atoms with Crippen LogP contribution in [0.15, 0.2) is 39.6 Å². The number of anilines is 1. The van der Waals surface area contributed by atoms with Crippen LogP contribution >= 0.6 is 11.8 Å². The Morgan fingerprint density at radius 3 is 2.65 bits per heavy atom. The maximum absolute atomic E-state index is 12.5. The number of hydrogen-bond donors (Lipinski definition) is 1. The molecule has 2 aromatic heterocycles. The van der Waals surface area contributed by atoms with E-state index < -0.39 is 0 Å². The molecule has 1 aromatic carbocycles. The molecule has 2 heterocycles. The van der Waals surface area contributed by atoms with Gasteiger partial charge < -0.3 is 4.42 Å². The van der Waals surface area contributed by atoms with E-state index >= 15 is 0 Å². The van der Waals surface area contributed by atoms with Gasteiger partial charge in [0.15, 0.2) is 0 Å². The van der Waals surface area contributed by atoms with E-state index in [-0.39, 0.29) is 18.0 Å². The van der Waals surface area contributed by atoms with E-state index in [4.69, 9.17) is 4.42 Å². The van der Waals surface area contributed by atoms with E-state index in [2.05, 4.69) is 32.7 Å². The van der Waals surface area contributed by atoms with Crippen molar-refractivity contribution in [2.75, 3.05) is 11.6 Å². The number of rotatable bonds is 6. The third-order valence-corrected chi connectivity index (χ3v) is 4.52. The minimum atomic E-state index is -0.321. The summed E-state index contributed by atoms with van der Waals surface area (Å²) in [5, 5.41) is 14.9. The fourth-order valence-corrected chi connectivity index (χ4v) is 2.94. The van der Waals surface area contributed by atoms with Crippen molar-refractivity contribution in [3.63, 3.8) is 0 Å². The Labute approximate surface area is 156 Å². The second-order valence-electron chi connectivity index (χ2n) is 6.19. The summed E-state index contributed by atoms with van der Waals surface area (Å²) in [5.74, 6) is 0.129. The molecule has 0 saturated carbocycles. The van der Waals surface area contributed by atoms with E-state index in [1.165, 1.54) is 4.90 Å². The molecule has 3 rings (SSSR count). The number of carbonyl (C=O) groups is 1. The van der Waals surface area contributed by atoms with Crippen molar-refractivity contribution in [2.45, 2.75) is 38.1 Å². The molecule has 0 fully saturated rings. The Morgan fingerprint density at radius 2 is 2.00 bits per heavy atom. The number of thioether (sulfide) groups is 1. The number of nitrogens with zero attached hydrogens (tertiary/aromatic N) is 4. The molecule has 0 spiro atoms. The second kappa shape index (κ2) is 7.74. The van der Waals surface area contributed by atoms with Crippen LogP contribution in [-0.2, 0) is 6.42 Å². The minimum absolute atomic E-state index is 0.0759. The summed E-state index contributed by atoms with van der Waals surface area (Å²) >= 11 is 1.69. The Hall–Kier alpha value is -2.61. The van der Waals surface area contributed by atoms with Crippen LogP contribution in [0.4, 0.5) is 6.01 Å². The molecule has 8 heteroatoms. The molecule has 0 saturated heterocycles. The summed E-state index contributed by atoms with van der Waals surface area (Å²) in [6.07, 6.45) is 2.55. The highest BCUT2D eigenvalue weighted by Crippen LogP contribution is 2.18. The van der Waals surface area contributed by atoms with Crippen molar-refractivity contribution in [3.05, 3.63) is 53.2 Å². The maximum atomic E-state index is 12.5. The van der Waals surface area contributed by atoms with Gasteiger partial charge in [0, 0.05) is 10.9 Å². The summed E-state index contributed by atoms with van der Waals surface area (Å²) < 4.78 is 7.23. The van der Waals surface area contributed by atoms with E-state index in [0.29, 0.717) is 18.0 Å². The van der Waals surface area contributed by atoms with Crippen LogP contribution in [0.5, 0.6) is 0 Å². The lowest BCUT2D eigenvalue weighted by Crippen LogP contribution is -2.19. The molecule has 0 aliphatic heterocycles. The van der Waals surface area contributed by atoms with Crippen LogP contribution in [0.3, 0.4) is 0 Å². The molecular formula is C18H21N5O2S. The van der Waals surface area contributed by atoms with Gasteiger partial charge in [0.25, 0.3) is 5.91 Å². The standard InChI is InChI=1S/C18H21N5O2S/c1-11(2)23-15(9-12(3)22-23)17(24)19-18-21-20-16(25-18)10-13-5-7-14(26-4)8-6-13/h5-9,11H,10H2,1-4H3,(H,19,21,24). The van der Waals surface area contributed by atoms with Gasteiger partial charge in [-0.3, -0.25) is 14.8 Å². The van der Waals surface area contributed by atoms with Crippen molar-refractivity contribution in [3.8, 4) is 0 Å². The molecule has 7 nitrogen and oxygen atoms in total. The molecule has 1 N–H and O–H groups in total. The molecular weight excluding hydrogens is 350 g/mol. The van der Waals surface area contributed by atoms with Crippen molar-refractivity contribution in [1.29, 1.82) is 0 Å². The van der Waals surface area contributed by atoms with E-state index in [1.807, 2.05) is 39.2 Å². The zero-order valence-corrected chi connectivity index (χ0v) is 16.0. The summed E-state index contributed by atoms with van der Waals surface area (Å²) in [5.41, 5.74) is 2.31. The molecule has 3 aromatic rings. The zero-order valence-electron chi connectivity index (χ0n) is 15.2. The molecule has 0 atom stereocenters. The fourth-order valence-electron chi connectivity index (χ4n) is 2.53. The first-order valence-electron chi connectivity index (χ1n) is 8.29. The monoisotopic (exact) mass is 371 g/mol. The molecule has 0 radical (unpaired) electrons. The van der Waals surface area contributed by atoms with E-state index in [9.17, 15) is 4.79 Å². The van der Waals surface area contributed by atoms with Gasteiger partial charge in [-0.15, -0.1) is 16.9 Å². The van der Waals surface area contributed by atoms with Crippen molar-refractivity contribution >= 4 is 23.7 Å². The molecule has 0 unspecified atom stereocenters. The summed E-state index contributed by atoms with van der Waals surface area (Å²) in [7, 11) is 0. The highest BCUT2D eigenvalue weighted by molar-refractivity contribution is 7.98. The van der Waals surface area contributed by atoms with Crippen LogP contribution in [-0.4, -0.2) is 32.1 Å². The number of benzene rings is 1. The van der Waals surface area contributed by atoms with Crippen LogP contribution < -0.4 is 5.32 Å².